The van der Waals surface area contributed by atoms with Gasteiger partial charge in [0.2, 0.25) is 0 Å². The van der Waals surface area contributed by atoms with Crippen LogP contribution in [0.1, 0.15) is 38.7 Å². The van der Waals surface area contributed by atoms with Crippen molar-refractivity contribution < 1.29 is 19.4 Å². The van der Waals surface area contributed by atoms with Crippen LogP contribution in [0.3, 0.4) is 0 Å². The lowest BCUT2D eigenvalue weighted by atomic mass is 9.91. The normalized spacial score (nSPS) is 22.1. The van der Waals surface area contributed by atoms with Crippen LogP contribution in [0.2, 0.25) is 0 Å². The summed E-state index contributed by atoms with van der Waals surface area (Å²) in [7, 11) is 0. The summed E-state index contributed by atoms with van der Waals surface area (Å²) in [5, 5.41) is 9.31. The van der Waals surface area contributed by atoms with Gasteiger partial charge in [0, 0.05) is 12.5 Å². The van der Waals surface area contributed by atoms with E-state index < -0.39 is 23.7 Å². The number of carboxylic acid groups (broad SMARTS) is 1. The number of amides is 1. The lowest BCUT2D eigenvalue weighted by Gasteiger charge is -2.28. The molecule has 1 fully saturated rings. The second-order valence-electron chi connectivity index (χ2n) is 6.26. The molecule has 1 amide bonds. The summed E-state index contributed by atoms with van der Waals surface area (Å²) in [5.41, 5.74) is 0.336. The Kier molecular flexibility index (Phi) is 4.21. The number of carbonyl (C=O) groups is 2. The van der Waals surface area contributed by atoms with Crippen LogP contribution in [0.4, 0.5) is 4.79 Å². The van der Waals surface area contributed by atoms with E-state index in [-0.39, 0.29) is 5.92 Å². The first-order chi connectivity index (χ1) is 9.79. The van der Waals surface area contributed by atoms with E-state index >= 15 is 0 Å². The van der Waals surface area contributed by atoms with Gasteiger partial charge in [-0.2, -0.15) is 0 Å². The smallest absolute Gasteiger partial charge is 0.408 e. The minimum Gasteiger partial charge on any atom is -0.465 e. The minimum atomic E-state index is -1.08. The number of likely N-dealkylation sites (tertiary alicyclic amines) is 1. The summed E-state index contributed by atoms with van der Waals surface area (Å²) in [4.78, 5) is 25.0. The maximum Gasteiger partial charge on any atom is 0.408 e. The van der Waals surface area contributed by atoms with Gasteiger partial charge in [0.25, 0.3) is 0 Å². The summed E-state index contributed by atoms with van der Waals surface area (Å²) in [5.74, 6) is -0.631. The highest BCUT2D eigenvalue weighted by Gasteiger charge is 2.44. The highest BCUT2D eigenvalue weighted by atomic mass is 16.6. The van der Waals surface area contributed by atoms with Crippen LogP contribution < -0.4 is 0 Å². The number of benzene rings is 1. The minimum absolute atomic E-state index is 0.155. The Balaban J connectivity index is 2.29. The molecule has 114 valence electrons. The van der Waals surface area contributed by atoms with Crippen molar-refractivity contribution in [2.75, 3.05) is 6.54 Å². The molecule has 5 nitrogen and oxygen atoms in total. The zero-order valence-electron chi connectivity index (χ0n) is 12.6. The van der Waals surface area contributed by atoms with Crippen molar-refractivity contribution in [3.05, 3.63) is 35.9 Å². The molecular formula is C16H21NO4. The van der Waals surface area contributed by atoms with Crippen LogP contribution in [-0.2, 0) is 9.53 Å². The first-order valence-corrected chi connectivity index (χ1v) is 7.07. The van der Waals surface area contributed by atoms with Crippen LogP contribution in [0.5, 0.6) is 0 Å². The van der Waals surface area contributed by atoms with Crippen molar-refractivity contribution in [2.24, 2.45) is 0 Å². The van der Waals surface area contributed by atoms with E-state index in [2.05, 4.69) is 0 Å². The third kappa shape index (κ3) is 3.54. The van der Waals surface area contributed by atoms with Gasteiger partial charge in [0.1, 0.15) is 11.6 Å². The molecule has 1 N–H and O–H groups in total. The third-order valence-corrected chi connectivity index (χ3v) is 3.52. The second-order valence-corrected chi connectivity index (χ2v) is 6.26. The fourth-order valence-corrected chi connectivity index (χ4v) is 2.71. The van der Waals surface area contributed by atoms with Gasteiger partial charge in [-0.1, -0.05) is 30.3 Å². The summed E-state index contributed by atoms with van der Waals surface area (Å²) < 4.78 is 5.41. The number of carbonyl (C=O) groups excluding carboxylic acids is 1. The Hall–Kier alpha value is -2.04. The molecule has 1 aromatic carbocycles. The Morgan fingerprint density at radius 3 is 2.38 bits per heavy atom. The Bertz CT molecular complexity index is 521. The van der Waals surface area contributed by atoms with Gasteiger partial charge in [-0.3, -0.25) is 4.90 Å². The fourth-order valence-electron chi connectivity index (χ4n) is 2.71. The average molecular weight is 291 g/mol. The molecule has 21 heavy (non-hydrogen) atoms. The fraction of sp³-hybridized carbons (Fsp3) is 0.500. The molecule has 1 aromatic rings. The van der Waals surface area contributed by atoms with Crippen LogP contribution >= 0.6 is 0 Å². The Morgan fingerprint density at radius 1 is 1.24 bits per heavy atom. The predicted molar refractivity (Wildman–Crippen MR) is 78.2 cm³/mol. The van der Waals surface area contributed by atoms with E-state index in [0.717, 1.165) is 5.56 Å². The maximum atomic E-state index is 12.4. The van der Waals surface area contributed by atoms with Gasteiger partial charge in [-0.05, 0) is 32.8 Å². The zero-order chi connectivity index (χ0) is 15.6. The molecule has 0 spiro atoms. The first-order valence-electron chi connectivity index (χ1n) is 7.07. The quantitative estimate of drug-likeness (QED) is 0.851. The third-order valence-electron chi connectivity index (χ3n) is 3.52. The van der Waals surface area contributed by atoms with Crippen molar-refractivity contribution in [3.8, 4) is 0 Å². The molecule has 1 aliphatic heterocycles. The molecular weight excluding hydrogens is 270 g/mol. The molecule has 1 heterocycles. The molecule has 0 aliphatic carbocycles. The highest BCUT2D eigenvalue weighted by molar-refractivity contribution is 5.83. The van der Waals surface area contributed by atoms with E-state index in [9.17, 15) is 14.7 Å². The lowest BCUT2D eigenvalue weighted by molar-refractivity contribution is -0.160. The van der Waals surface area contributed by atoms with Crippen molar-refractivity contribution >= 4 is 12.1 Å². The number of hydrogen-bond donors (Lipinski definition) is 1. The van der Waals surface area contributed by atoms with Crippen molar-refractivity contribution in [3.63, 3.8) is 0 Å². The molecule has 2 atom stereocenters. The van der Waals surface area contributed by atoms with Crippen molar-refractivity contribution in [1.82, 2.24) is 4.90 Å². The average Bonchev–Trinajstić information content (AvgIpc) is 2.82. The zero-order valence-corrected chi connectivity index (χ0v) is 12.6. The SMILES string of the molecule is CC(C)(C)OC(=O)[C@H]1C(c2ccccc2)CCN1C(=O)O. The number of hydrogen-bond acceptors (Lipinski definition) is 3. The number of rotatable bonds is 2. The molecule has 1 aliphatic rings. The molecule has 2 rings (SSSR count). The van der Waals surface area contributed by atoms with Crippen molar-refractivity contribution in [2.45, 2.75) is 44.8 Å². The van der Waals surface area contributed by atoms with E-state index in [4.69, 9.17) is 4.74 Å². The number of ether oxygens (including phenoxy) is 1. The molecule has 1 unspecified atom stereocenters. The molecule has 1 saturated heterocycles. The van der Waals surface area contributed by atoms with E-state index in [1.807, 2.05) is 30.3 Å². The summed E-state index contributed by atoms with van der Waals surface area (Å²) in [6, 6.07) is 8.76. The maximum absolute atomic E-state index is 12.4. The van der Waals surface area contributed by atoms with Gasteiger partial charge < -0.3 is 9.84 Å². The first kappa shape index (κ1) is 15.4. The van der Waals surface area contributed by atoms with Crippen LogP contribution in [0, 0.1) is 0 Å². The molecule has 0 aromatic heterocycles. The predicted octanol–water partition coefficient (Wildman–Crippen LogP) is 2.86. The summed E-state index contributed by atoms with van der Waals surface area (Å²) in [6.45, 7) is 5.69. The van der Waals surface area contributed by atoms with Gasteiger partial charge in [-0.15, -0.1) is 0 Å². The lowest BCUT2D eigenvalue weighted by Crippen LogP contribution is -2.45. The van der Waals surface area contributed by atoms with Crippen molar-refractivity contribution in [1.29, 1.82) is 0 Å². The number of esters is 1. The van der Waals surface area contributed by atoms with E-state index in [1.54, 1.807) is 20.8 Å². The molecule has 0 saturated carbocycles. The van der Waals surface area contributed by atoms with Gasteiger partial charge in [0.15, 0.2) is 0 Å². The molecule has 0 bridgehead atoms. The monoisotopic (exact) mass is 291 g/mol. The summed E-state index contributed by atoms with van der Waals surface area (Å²) in [6.07, 6.45) is -0.454. The van der Waals surface area contributed by atoms with Gasteiger partial charge in [-0.25, -0.2) is 9.59 Å². The Morgan fingerprint density at radius 2 is 1.86 bits per heavy atom. The van der Waals surface area contributed by atoms with Gasteiger partial charge in [0.05, 0.1) is 0 Å². The highest BCUT2D eigenvalue weighted by Crippen LogP contribution is 2.34. The van der Waals surface area contributed by atoms with Crippen LogP contribution in [-0.4, -0.2) is 40.3 Å². The van der Waals surface area contributed by atoms with Crippen LogP contribution in [0.25, 0.3) is 0 Å². The Labute approximate surface area is 124 Å². The van der Waals surface area contributed by atoms with Gasteiger partial charge >= 0.3 is 12.1 Å². The van der Waals surface area contributed by atoms with E-state index in [0.29, 0.717) is 13.0 Å². The second kappa shape index (κ2) is 5.76. The standard InChI is InChI=1S/C16H21NO4/c1-16(2,3)21-14(18)13-12(9-10-17(13)15(19)20)11-7-5-4-6-8-11/h4-8,12-13H,9-10H2,1-3H3,(H,19,20)/t12?,13-/m1/s1. The topological polar surface area (TPSA) is 66.8 Å². The summed E-state index contributed by atoms with van der Waals surface area (Å²) >= 11 is 0. The number of nitrogens with zero attached hydrogens (tertiary/aromatic N) is 1. The van der Waals surface area contributed by atoms with Crippen LogP contribution in [0.15, 0.2) is 30.3 Å². The molecule has 0 radical (unpaired) electrons. The molecule has 5 heteroatoms. The largest absolute Gasteiger partial charge is 0.465 e. The van der Waals surface area contributed by atoms with E-state index in [1.165, 1.54) is 4.90 Å².